The summed E-state index contributed by atoms with van der Waals surface area (Å²) in [5, 5.41) is 25.1. The van der Waals surface area contributed by atoms with Gasteiger partial charge in [0.05, 0.1) is 23.0 Å². The third-order valence-electron chi connectivity index (χ3n) is 5.49. The van der Waals surface area contributed by atoms with Crippen molar-refractivity contribution in [3.05, 3.63) is 54.4 Å². The van der Waals surface area contributed by atoms with Crippen LogP contribution in [-0.2, 0) is 4.79 Å². The van der Waals surface area contributed by atoms with Crippen LogP contribution in [0.4, 0.5) is 23.1 Å². The van der Waals surface area contributed by atoms with Crippen LogP contribution < -0.4 is 15.5 Å². The van der Waals surface area contributed by atoms with Crippen LogP contribution in [0.1, 0.15) is 18.4 Å². The van der Waals surface area contributed by atoms with Gasteiger partial charge in [0, 0.05) is 48.7 Å². The number of pyridine rings is 1. The molecule has 9 nitrogen and oxygen atoms in total. The van der Waals surface area contributed by atoms with Crippen LogP contribution in [0, 0.1) is 17.2 Å². The number of aliphatic hydroxyl groups is 1. The van der Waals surface area contributed by atoms with Crippen molar-refractivity contribution in [3.63, 3.8) is 0 Å². The number of hydrogen-bond donors (Lipinski definition) is 3. The van der Waals surface area contributed by atoms with Crippen LogP contribution >= 0.6 is 0 Å². The highest BCUT2D eigenvalue weighted by Crippen LogP contribution is 2.31. The van der Waals surface area contributed by atoms with Crippen LogP contribution in [0.25, 0.3) is 11.3 Å². The van der Waals surface area contributed by atoms with Crippen molar-refractivity contribution >= 4 is 29.0 Å². The molecule has 1 aliphatic heterocycles. The quantitative estimate of drug-likeness (QED) is 0.548. The molecule has 160 valence electrons. The minimum atomic E-state index is -0.305. The van der Waals surface area contributed by atoms with E-state index >= 15 is 0 Å². The number of carbonyl (C=O) groups is 1. The van der Waals surface area contributed by atoms with Gasteiger partial charge < -0.3 is 20.6 Å². The first kappa shape index (κ1) is 19.9. The minimum Gasteiger partial charge on any atom is -0.389 e. The van der Waals surface area contributed by atoms with Crippen LogP contribution in [-0.4, -0.2) is 45.2 Å². The Morgan fingerprint density at radius 1 is 1.12 bits per heavy atom. The molecule has 2 aliphatic rings. The average molecular weight is 427 g/mol. The molecule has 32 heavy (non-hydrogen) atoms. The highest BCUT2D eigenvalue weighted by atomic mass is 16.3. The van der Waals surface area contributed by atoms with E-state index in [9.17, 15) is 15.2 Å². The maximum absolute atomic E-state index is 12.1. The van der Waals surface area contributed by atoms with Crippen LogP contribution in [0.2, 0.25) is 0 Å². The second kappa shape index (κ2) is 8.24. The molecule has 2 fully saturated rings. The number of carbonyl (C=O) groups excluding carboxylic acids is 1. The highest BCUT2D eigenvalue weighted by Gasteiger charge is 2.30. The summed E-state index contributed by atoms with van der Waals surface area (Å²) in [6.45, 7) is 1.14. The topological polar surface area (TPSA) is 127 Å². The molecule has 5 rings (SSSR count). The number of aliphatic hydroxyl groups excluding tert-OH is 1. The number of nitrogens with zero attached hydrogens (tertiary/aromatic N) is 5. The Morgan fingerprint density at radius 2 is 1.94 bits per heavy atom. The molecule has 1 saturated carbocycles. The molecule has 0 radical (unpaired) electrons. The van der Waals surface area contributed by atoms with Crippen molar-refractivity contribution in [2.75, 3.05) is 28.6 Å². The lowest BCUT2D eigenvalue weighted by atomic mass is 10.1. The first-order valence-electron chi connectivity index (χ1n) is 10.4. The largest absolute Gasteiger partial charge is 0.389 e. The average Bonchev–Trinajstić information content (AvgIpc) is 3.63. The molecule has 3 heterocycles. The van der Waals surface area contributed by atoms with E-state index in [1.807, 2.05) is 23.1 Å². The lowest BCUT2D eigenvalue weighted by Crippen LogP contribution is -2.51. The smallest absolute Gasteiger partial charge is 0.227 e. The van der Waals surface area contributed by atoms with Gasteiger partial charge in [0.2, 0.25) is 11.9 Å². The van der Waals surface area contributed by atoms with Gasteiger partial charge >= 0.3 is 0 Å². The molecule has 0 atom stereocenters. The fourth-order valence-electron chi connectivity index (χ4n) is 3.51. The molecular weight excluding hydrogens is 406 g/mol. The van der Waals surface area contributed by atoms with Gasteiger partial charge in [0.25, 0.3) is 0 Å². The summed E-state index contributed by atoms with van der Waals surface area (Å²) in [4.78, 5) is 27.2. The van der Waals surface area contributed by atoms with E-state index in [0.717, 1.165) is 29.9 Å². The Hall–Kier alpha value is -4.03. The molecule has 3 aromatic rings. The van der Waals surface area contributed by atoms with Gasteiger partial charge in [-0.05, 0) is 37.1 Å². The van der Waals surface area contributed by atoms with Gasteiger partial charge in [0.1, 0.15) is 11.9 Å². The zero-order valence-corrected chi connectivity index (χ0v) is 17.2. The molecule has 1 amide bonds. The number of aromatic nitrogens is 3. The van der Waals surface area contributed by atoms with E-state index in [1.54, 1.807) is 30.6 Å². The van der Waals surface area contributed by atoms with E-state index in [-0.39, 0.29) is 17.9 Å². The van der Waals surface area contributed by atoms with Crippen molar-refractivity contribution in [2.45, 2.75) is 18.9 Å². The molecular formula is C23H21N7O2. The molecule has 1 saturated heterocycles. The molecule has 3 N–H and O–H groups in total. The van der Waals surface area contributed by atoms with Crippen LogP contribution in [0.3, 0.4) is 0 Å². The van der Waals surface area contributed by atoms with Gasteiger partial charge in [-0.2, -0.15) is 5.26 Å². The summed E-state index contributed by atoms with van der Waals surface area (Å²) < 4.78 is 0. The van der Waals surface area contributed by atoms with E-state index in [0.29, 0.717) is 36.0 Å². The zero-order valence-electron chi connectivity index (χ0n) is 17.2. The number of anilines is 4. The summed E-state index contributed by atoms with van der Waals surface area (Å²) in [5.74, 6) is 1.22. The second-order valence-corrected chi connectivity index (χ2v) is 7.99. The maximum atomic E-state index is 12.1. The molecule has 2 aromatic heterocycles. The van der Waals surface area contributed by atoms with Gasteiger partial charge in [-0.15, -0.1) is 0 Å². The van der Waals surface area contributed by atoms with Crippen LogP contribution in [0.15, 0.2) is 48.8 Å². The Balaban J connectivity index is 1.34. The standard InChI is InChI=1S/C23H21N7O2/c24-11-16-9-15(3-4-19(16)28-22(32)14-1-2-14)20-6-8-26-23(29-20)27-17-5-7-25-21(10-17)30-12-18(31)13-30/h3-10,14,18,31H,1-2,12-13H2,(H,28,32)(H,25,26,27,29). The Morgan fingerprint density at radius 3 is 2.69 bits per heavy atom. The summed E-state index contributed by atoms with van der Waals surface area (Å²) in [6.07, 6.45) is 4.84. The summed E-state index contributed by atoms with van der Waals surface area (Å²) in [5.41, 5.74) is 3.09. The third-order valence-corrected chi connectivity index (χ3v) is 5.49. The normalized spacial score (nSPS) is 15.6. The highest BCUT2D eigenvalue weighted by molar-refractivity contribution is 5.95. The number of amides is 1. The number of β-amino-alcohol motifs (C(OH)–C–C–N with tert-alkyl or cyclic N) is 1. The fraction of sp³-hybridized carbons (Fsp3) is 0.261. The number of benzene rings is 1. The summed E-state index contributed by atoms with van der Waals surface area (Å²) in [6, 6.07) is 12.9. The zero-order chi connectivity index (χ0) is 22.1. The first-order valence-corrected chi connectivity index (χ1v) is 10.4. The van der Waals surface area contributed by atoms with Crippen molar-refractivity contribution in [1.29, 1.82) is 5.26 Å². The predicted octanol–water partition coefficient (Wildman–Crippen LogP) is 2.68. The number of nitrogens with one attached hydrogen (secondary N) is 2. The lowest BCUT2D eigenvalue weighted by molar-refractivity contribution is -0.117. The number of rotatable bonds is 6. The molecule has 1 aliphatic carbocycles. The third kappa shape index (κ3) is 4.22. The number of nitriles is 1. The number of hydrogen-bond acceptors (Lipinski definition) is 8. The Bertz CT molecular complexity index is 1210. The van der Waals surface area contributed by atoms with Crippen LogP contribution in [0.5, 0.6) is 0 Å². The van der Waals surface area contributed by atoms with Gasteiger partial charge in [-0.1, -0.05) is 6.07 Å². The molecule has 0 spiro atoms. The van der Waals surface area contributed by atoms with Crippen molar-refractivity contribution in [2.24, 2.45) is 5.92 Å². The molecule has 0 unspecified atom stereocenters. The first-order chi connectivity index (χ1) is 15.6. The van der Waals surface area contributed by atoms with E-state index in [1.165, 1.54) is 0 Å². The van der Waals surface area contributed by atoms with Gasteiger partial charge in [-0.25, -0.2) is 15.0 Å². The summed E-state index contributed by atoms with van der Waals surface area (Å²) in [7, 11) is 0. The minimum absolute atomic E-state index is 0.0350. The Kier molecular flexibility index (Phi) is 5.13. The van der Waals surface area contributed by atoms with Gasteiger partial charge in [0.15, 0.2) is 0 Å². The van der Waals surface area contributed by atoms with Crippen molar-refractivity contribution in [1.82, 2.24) is 15.0 Å². The van der Waals surface area contributed by atoms with E-state index < -0.39 is 0 Å². The van der Waals surface area contributed by atoms with E-state index in [2.05, 4.69) is 31.7 Å². The van der Waals surface area contributed by atoms with Gasteiger partial charge in [-0.3, -0.25) is 4.79 Å². The molecule has 0 bridgehead atoms. The summed E-state index contributed by atoms with van der Waals surface area (Å²) >= 11 is 0. The van der Waals surface area contributed by atoms with E-state index in [4.69, 9.17) is 0 Å². The molecule has 1 aromatic carbocycles. The van der Waals surface area contributed by atoms with Crippen molar-refractivity contribution in [3.8, 4) is 17.3 Å². The maximum Gasteiger partial charge on any atom is 0.227 e. The van der Waals surface area contributed by atoms with Crippen molar-refractivity contribution < 1.29 is 9.90 Å². The second-order valence-electron chi connectivity index (χ2n) is 7.99. The lowest BCUT2D eigenvalue weighted by Gasteiger charge is -2.36. The molecule has 9 heteroatoms. The monoisotopic (exact) mass is 427 g/mol. The SMILES string of the molecule is N#Cc1cc(-c2ccnc(Nc3ccnc(N4CC(O)C4)c3)n2)ccc1NC(=O)C1CC1. The fourth-order valence-corrected chi connectivity index (χ4v) is 3.51. The Labute approximate surface area is 184 Å². The predicted molar refractivity (Wildman–Crippen MR) is 119 cm³/mol.